The van der Waals surface area contributed by atoms with E-state index < -0.39 is 41.0 Å². The van der Waals surface area contributed by atoms with Gasteiger partial charge in [-0.2, -0.15) is 9.97 Å². The van der Waals surface area contributed by atoms with Crippen LogP contribution in [0.1, 0.15) is 0 Å². The Hall–Kier alpha value is -3.20. The Morgan fingerprint density at radius 2 is 1.41 bits per heavy atom. The molecule has 16 heteroatoms. The van der Waals surface area contributed by atoms with Gasteiger partial charge in [-0.05, 0) is 0 Å². The number of anilines is 2. The molecule has 120 valence electrons. The van der Waals surface area contributed by atoms with Gasteiger partial charge in [-0.3, -0.25) is 0 Å². The molecule has 0 aliphatic carbocycles. The molecular weight excluding hydrogens is 320 g/mol. The minimum atomic E-state index is -1.37. The molecule has 12 nitrogen and oxygen atoms in total. The van der Waals surface area contributed by atoms with Crippen LogP contribution >= 0.6 is 0 Å². The number of halogens is 4. The van der Waals surface area contributed by atoms with E-state index in [1.54, 1.807) is 0 Å². The molecule has 0 atom stereocenters. The number of hydrogen-bond donors (Lipinski definition) is 0. The lowest BCUT2D eigenvalue weighted by atomic mass is 10.9. The fourth-order valence-electron chi connectivity index (χ4n) is 1.34. The van der Waals surface area contributed by atoms with Crippen molar-refractivity contribution in [2.24, 2.45) is 0 Å². The number of nitro groups is 1. The van der Waals surface area contributed by atoms with Crippen LogP contribution in [-0.2, 0) is 13.3 Å². The van der Waals surface area contributed by atoms with Crippen LogP contribution in [0.15, 0.2) is 12.7 Å². The van der Waals surface area contributed by atoms with Gasteiger partial charge in [0.2, 0.25) is 0 Å². The summed E-state index contributed by atoms with van der Waals surface area (Å²) < 4.78 is 50.1. The first kappa shape index (κ1) is 15.2. The van der Waals surface area contributed by atoms with Crippen LogP contribution in [0, 0.1) is 10.1 Å². The van der Waals surface area contributed by atoms with Crippen molar-refractivity contribution < 1.29 is 23.0 Å². The van der Waals surface area contributed by atoms with Crippen molar-refractivity contribution >= 4 is 11.9 Å². The fraction of sp³-hybridized carbons (Fsp3) is 0.333. The van der Waals surface area contributed by atoms with Crippen LogP contribution in [0.4, 0.5) is 29.8 Å². The Morgan fingerprint density at radius 3 is 1.68 bits per heavy atom. The summed E-state index contributed by atoms with van der Waals surface area (Å²) in [5, 5.41) is 14.3. The molecule has 2 aromatic heterocycles. The van der Waals surface area contributed by atoms with Gasteiger partial charge in [-0.15, -0.1) is 10.2 Å². The second-order valence-corrected chi connectivity index (χ2v) is 3.66. The Balaban J connectivity index is 2.07. The van der Waals surface area contributed by atoms with Gasteiger partial charge in [0.15, 0.2) is 18.4 Å². The van der Waals surface area contributed by atoms with Gasteiger partial charge in [-0.1, -0.05) is 22.9 Å². The first-order valence-corrected chi connectivity index (χ1v) is 5.28. The van der Waals surface area contributed by atoms with Crippen molar-refractivity contribution in [1.29, 1.82) is 0 Å². The van der Waals surface area contributed by atoms with E-state index in [1.807, 2.05) is 0 Å². The van der Waals surface area contributed by atoms with E-state index in [-0.39, 0.29) is 0 Å². The normalized spacial score (nSPS) is 10.5. The Labute approximate surface area is 117 Å². The van der Waals surface area contributed by atoms with Crippen LogP contribution in [0.25, 0.3) is 0 Å². The molecule has 22 heavy (non-hydrogen) atoms. The quantitative estimate of drug-likeness (QED) is 0.303. The standard InChI is InChI=1S/C6H6F4N10O2/c7-18(8)5-11-1-15(13-5)3-17(20(21)22)4-16-2-12-6(14-16)19(9)10/h1-2H,3-4H2. The molecule has 0 N–H and O–H groups in total. The predicted octanol–water partition coefficient (Wildman–Crippen LogP) is 0.129. The van der Waals surface area contributed by atoms with Gasteiger partial charge in [0, 0.05) is 10.7 Å². The maximum Gasteiger partial charge on any atom is 0.306 e. The second-order valence-electron chi connectivity index (χ2n) is 3.66. The minimum absolute atomic E-state index is 0.471. The highest BCUT2D eigenvalue weighted by Crippen LogP contribution is 2.09. The third-order valence-corrected chi connectivity index (χ3v) is 2.20. The average Bonchev–Trinajstić information content (AvgIpc) is 3.06. The van der Waals surface area contributed by atoms with Gasteiger partial charge in [-0.25, -0.2) is 19.5 Å². The monoisotopic (exact) mass is 326 g/mol. The summed E-state index contributed by atoms with van der Waals surface area (Å²) in [4.78, 5) is 17.3. The zero-order valence-corrected chi connectivity index (χ0v) is 10.4. The summed E-state index contributed by atoms with van der Waals surface area (Å²) in [5.41, 5.74) is 0. The van der Waals surface area contributed by atoms with Gasteiger partial charge in [0.1, 0.15) is 12.7 Å². The fourth-order valence-corrected chi connectivity index (χ4v) is 1.34. The summed E-state index contributed by atoms with van der Waals surface area (Å²) in [6.45, 7) is -1.14. The van der Waals surface area contributed by atoms with E-state index in [0.717, 1.165) is 22.0 Å². The first-order chi connectivity index (χ1) is 10.4. The highest BCUT2D eigenvalue weighted by atomic mass is 19.4. The molecule has 2 heterocycles. The van der Waals surface area contributed by atoms with E-state index in [9.17, 15) is 28.0 Å². The average molecular weight is 326 g/mol. The predicted molar refractivity (Wildman–Crippen MR) is 58.3 cm³/mol. The molecule has 0 fully saturated rings. The zero-order chi connectivity index (χ0) is 16.3. The zero-order valence-electron chi connectivity index (χ0n) is 10.4. The van der Waals surface area contributed by atoms with E-state index in [2.05, 4.69) is 20.2 Å². The van der Waals surface area contributed by atoms with E-state index in [4.69, 9.17) is 0 Å². The van der Waals surface area contributed by atoms with Crippen molar-refractivity contribution in [3.8, 4) is 0 Å². The van der Waals surface area contributed by atoms with Crippen LogP contribution in [0.5, 0.6) is 0 Å². The molecule has 0 saturated heterocycles. The third-order valence-electron chi connectivity index (χ3n) is 2.20. The summed E-state index contributed by atoms with van der Waals surface area (Å²) in [6, 6.07) is 0. The maximum absolute atomic E-state index is 12.2. The lowest BCUT2D eigenvalue weighted by Gasteiger charge is -2.13. The SMILES string of the molecule is O=[N+]([O-])N(Cn1cnc(N(F)F)n1)Cn1cnc(N(F)F)n1. The first-order valence-electron chi connectivity index (χ1n) is 5.28. The van der Waals surface area contributed by atoms with Crippen LogP contribution in [0.2, 0.25) is 0 Å². The molecule has 0 radical (unpaired) electrons. The molecule has 0 aliphatic rings. The van der Waals surface area contributed by atoms with Crippen LogP contribution in [0.3, 0.4) is 0 Å². The number of aromatic nitrogens is 6. The summed E-state index contributed by atoms with van der Waals surface area (Å²) in [6.07, 6.45) is 1.69. The molecule has 0 saturated carbocycles. The Kier molecular flexibility index (Phi) is 4.18. The van der Waals surface area contributed by atoms with Gasteiger partial charge in [0.25, 0.3) is 0 Å². The minimum Gasteiger partial charge on any atom is -0.235 e. The lowest BCUT2D eigenvalue weighted by molar-refractivity contribution is -0.671. The lowest BCUT2D eigenvalue weighted by Crippen LogP contribution is -2.34. The van der Waals surface area contributed by atoms with Gasteiger partial charge in [0.05, 0.1) is 0 Å². The highest BCUT2D eigenvalue weighted by molar-refractivity contribution is 5.17. The topological polar surface area (TPSA) is 114 Å². The van der Waals surface area contributed by atoms with Crippen molar-refractivity contribution in [1.82, 2.24) is 34.5 Å². The maximum atomic E-state index is 12.2. The Bertz CT molecular complexity index is 595. The van der Waals surface area contributed by atoms with Crippen LogP contribution in [-0.4, -0.2) is 39.6 Å². The molecule has 0 unspecified atom stereocenters. The number of rotatable bonds is 7. The Morgan fingerprint density at radius 1 is 1.00 bits per heavy atom. The van der Waals surface area contributed by atoms with E-state index >= 15 is 0 Å². The molecule has 0 bridgehead atoms. The van der Waals surface area contributed by atoms with Crippen LogP contribution < -0.4 is 10.7 Å². The van der Waals surface area contributed by atoms with Crippen molar-refractivity contribution in [3.05, 3.63) is 22.8 Å². The summed E-state index contributed by atoms with van der Waals surface area (Å²) in [5.74, 6) is -1.89. The number of hydrogen-bond acceptors (Lipinski definition) is 8. The smallest absolute Gasteiger partial charge is 0.235 e. The summed E-state index contributed by atoms with van der Waals surface area (Å²) in [7, 11) is 0. The van der Waals surface area contributed by atoms with Gasteiger partial charge >= 0.3 is 11.9 Å². The molecule has 0 aromatic carbocycles. The molecule has 0 aliphatic heterocycles. The number of hydrazine groups is 1. The molecule has 2 aromatic rings. The number of nitrogens with zero attached hydrogens (tertiary/aromatic N) is 10. The second kappa shape index (κ2) is 6.06. The molecular formula is C6H6F4N10O2. The van der Waals surface area contributed by atoms with E-state index in [1.165, 1.54) is 0 Å². The molecule has 2 rings (SSSR count). The molecule has 0 amide bonds. The van der Waals surface area contributed by atoms with Gasteiger partial charge < -0.3 is 0 Å². The highest BCUT2D eigenvalue weighted by Gasteiger charge is 2.20. The van der Waals surface area contributed by atoms with Crippen molar-refractivity contribution in [2.45, 2.75) is 13.3 Å². The van der Waals surface area contributed by atoms with E-state index in [0.29, 0.717) is 5.01 Å². The molecule has 0 spiro atoms. The third kappa shape index (κ3) is 3.46. The van der Waals surface area contributed by atoms with Crippen molar-refractivity contribution in [2.75, 3.05) is 10.7 Å². The largest absolute Gasteiger partial charge is 0.306 e. The van der Waals surface area contributed by atoms with Crippen molar-refractivity contribution in [3.63, 3.8) is 0 Å². The summed E-state index contributed by atoms with van der Waals surface area (Å²) >= 11 is 0.